The van der Waals surface area contributed by atoms with Gasteiger partial charge >= 0.3 is 0 Å². The second-order valence-electron chi connectivity index (χ2n) is 3.70. The molecule has 0 heterocycles. The normalized spacial score (nSPS) is 20.7. The molecule has 1 aliphatic rings. The second-order valence-corrected chi connectivity index (χ2v) is 3.70. The lowest BCUT2D eigenvalue weighted by atomic mass is 9.90. The van der Waals surface area contributed by atoms with Crippen LogP contribution in [0.25, 0.3) is 0 Å². The Morgan fingerprint density at radius 2 is 1.92 bits per heavy atom. The van der Waals surface area contributed by atoms with Gasteiger partial charge in [-0.05, 0) is 18.4 Å². The molecule has 1 unspecified atom stereocenters. The molecule has 1 aliphatic carbocycles. The van der Waals surface area contributed by atoms with Crippen LogP contribution in [-0.4, -0.2) is 11.2 Å². The smallest absolute Gasteiger partial charge is 0.0814 e. The second kappa shape index (κ2) is 3.00. The highest BCUT2D eigenvalue weighted by molar-refractivity contribution is 5.34. The van der Waals surface area contributed by atoms with Gasteiger partial charge in [0.2, 0.25) is 0 Å². The highest BCUT2D eigenvalue weighted by Crippen LogP contribution is 2.51. The van der Waals surface area contributed by atoms with Gasteiger partial charge in [-0.3, -0.25) is 0 Å². The van der Waals surface area contributed by atoms with E-state index >= 15 is 0 Å². The van der Waals surface area contributed by atoms with Gasteiger partial charge in [-0.25, -0.2) is 0 Å². The molecule has 1 atom stereocenters. The minimum Gasteiger partial charge on any atom is -0.388 e. The van der Waals surface area contributed by atoms with E-state index in [0.29, 0.717) is 0 Å². The fourth-order valence-electron chi connectivity index (χ4n) is 1.89. The van der Waals surface area contributed by atoms with Crippen LogP contribution in [0.5, 0.6) is 0 Å². The SMILES string of the molecule is C=CC(O)C1(c2ccccc2)CC1. The summed E-state index contributed by atoms with van der Waals surface area (Å²) >= 11 is 0. The Bertz CT molecular complexity index is 298. The first kappa shape index (κ1) is 8.52. The van der Waals surface area contributed by atoms with Crippen LogP contribution < -0.4 is 0 Å². The molecule has 1 nitrogen and oxygen atoms in total. The molecule has 0 spiro atoms. The van der Waals surface area contributed by atoms with Gasteiger partial charge in [-0.2, -0.15) is 0 Å². The molecule has 13 heavy (non-hydrogen) atoms. The Kier molecular flexibility index (Phi) is 1.97. The van der Waals surface area contributed by atoms with Crippen molar-refractivity contribution in [2.45, 2.75) is 24.4 Å². The van der Waals surface area contributed by atoms with Gasteiger partial charge in [-0.15, -0.1) is 6.58 Å². The molecule has 0 aliphatic heterocycles. The Hall–Kier alpha value is -1.08. The predicted molar refractivity (Wildman–Crippen MR) is 53.6 cm³/mol. The van der Waals surface area contributed by atoms with Crippen molar-refractivity contribution >= 4 is 0 Å². The van der Waals surface area contributed by atoms with E-state index in [-0.39, 0.29) is 5.41 Å². The van der Waals surface area contributed by atoms with Gasteiger partial charge in [-0.1, -0.05) is 36.4 Å². The van der Waals surface area contributed by atoms with Crippen LogP contribution in [0.3, 0.4) is 0 Å². The molecular weight excluding hydrogens is 160 g/mol. The van der Waals surface area contributed by atoms with E-state index in [0.717, 1.165) is 12.8 Å². The van der Waals surface area contributed by atoms with E-state index in [2.05, 4.69) is 18.7 Å². The van der Waals surface area contributed by atoms with E-state index < -0.39 is 6.10 Å². The van der Waals surface area contributed by atoms with Crippen molar-refractivity contribution in [1.29, 1.82) is 0 Å². The van der Waals surface area contributed by atoms with Crippen LogP contribution in [0.15, 0.2) is 43.0 Å². The largest absolute Gasteiger partial charge is 0.388 e. The molecule has 1 fully saturated rings. The van der Waals surface area contributed by atoms with Gasteiger partial charge in [0.05, 0.1) is 6.10 Å². The maximum atomic E-state index is 9.78. The Labute approximate surface area is 78.7 Å². The number of aliphatic hydroxyl groups excluding tert-OH is 1. The summed E-state index contributed by atoms with van der Waals surface area (Å²) in [4.78, 5) is 0. The Morgan fingerprint density at radius 1 is 1.31 bits per heavy atom. The van der Waals surface area contributed by atoms with Crippen LogP contribution in [0, 0.1) is 0 Å². The molecule has 0 aromatic heterocycles. The number of hydrogen-bond donors (Lipinski definition) is 1. The molecule has 0 saturated heterocycles. The van der Waals surface area contributed by atoms with Crippen LogP contribution in [0.2, 0.25) is 0 Å². The number of rotatable bonds is 3. The molecular formula is C12H14O. The lowest BCUT2D eigenvalue weighted by molar-refractivity contribution is 0.179. The highest BCUT2D eigenvalue weighted by Gasteiger charge is 2.48. The summed E-state index contributed by atoms with van der Waals surface area (Å²) in [5.41, 5.74) is 1.23. The zero-order valence-corrected chi connectivity index (χ0v) is 7.61. The summed E-state index contributed by atoms with van der Waals surface area (Å²) < 4.78 is 0. The summed E-state index contributed by atoms with van der Waals surface area (Å²) in [5.74, 6) is 0. The predicted octanol–water partition coefficient (Wildman–Crippen LogP) is 2.27. The first-order chi connectivity index (χ1) is 6.29. The van der Waals surface area contributed by atoms with E-state index in [1.807, 2.05) is 18.2 Å². The third-order valence-corrected chi connectivity index (χ3v) is 2.93. The van der Waals surface area contributed by atoms with E-state index in [1.54, 1.807) is 6.08 Å². The standard InChI is InChI=1S/C12H14O/c1-2-11(13)12(8-9-12)10-6-4-3-5-7-10/h2-7,11,13H,1,8-9H2. The van der Waals surface area contributed by atoms with Gasteiger partial charge in [0.25, 0.3) is 0 Å². The fourth-order valence-corrected chi connectivity index (χ4v) is 1.89. The number of benzene rings is 1. The van der Waals surface area contributed by atoms with E-state index in [9.17, 15) is 5.11 Å². The third-order valence-electron chi connectivity index (χ3n) is 2.93. The first-order valence-corrected chi connectivity index (χ1v) is 4.66. The summed E-state index contributed by atoms with van der Waals surface area (Å²) in [5, 5.41) is 9.78. The maximum absolute atomic E-state index is 9.78. The van der Waals surface area contributed by atoms with Gasteiger partial charge in [0.1, 0.15) is 0 Å². The number of aliphatic hydroxyl groups is 1. The topological polar surface area (TPSA) is 20.2 Å². The molecule has 1 aromatic carbocycles. The molecule has 68 valence electrons. The quantitative estimate of drug-likeness (QED) is 0.697. The van der Waals surface area contributed by atoms with Gasteiger partial charge in [0, 0.05) is 5.41 Å². The van der Waals surface area contributed by atoms with Crippen molar-refractivity contribution in [3.8, 4) is 0 Å². The van der Waals surface area contributed by atoms with E-state index in [4.69, 9.17) is 0 Å². The molecule has 0 bridgehead atoms. The van der Waals surface area contributed by atoms with Crippen molar-refractivity contribution < 1.29 is 5.11 Å². The van der Waals surface area contributed by atoms with Crippen LogP contribution >= 0.6 is 0 Å². The summed E-state index contributed by atoms with van der Waals surface area (Å²) in [7, 11) is 0. The van der Waals surface area contributed by atoms with Crippen molar-refractivity contribution in [2.24, 2.45) is 0 Å². The molecule has 1 saturated carbocycles. The van der Waals surface area contributed by atoms with E-state index in [1.165, 1.54) is 5.56 Å². The maximum Gasteiger partial charge on any atom is 0.0814 e. The Morgan fingerprint density at radius 3 is 2.38 bits per heavy atom. The lowest BCUT2D eigenvalue weighted by Crippen LogP contribution is -2.23. The first-order valence-electron chi connectivity index (χ1n) is 4.66. The van der Waals surface area contributed by atoms with Crippen LogP contribution in [0.1, 0.15) is 18.4 Å². The molecule has 1 N–H and O–H groups in total. The monoisotopic (exact) mass is 174 g/mol. The van der Waals surface area contributed by atoms with Crippen molar-refractivity contribution in [2.75, 3.05) is 0 Å². The average molecular weight is 174 g/mol. The average Bonchev–Trinajstić information content (AvgIpc) is 2.99. The van der Waals surface area contributed by atoms with Crippen LogP contribution in [0.4, 0.5) is 0 Å². The molecule has 2 rings (SSSR count). The fraction of sp³-hybridized carbons (Fsp3) is 0.333. The zero-order valence-electron chi connectivity index (χ0n) is 7.61. The molecule has 1 heteroatoms. The van der Waals surface area contributed by atoms with Crippen molar-refractivity contribution in [3.05, 3.63) is 48.6 Å². The van der Waals surface area contributed by atoms with Gasteiger partial charge < -0.3 is 5.11 Å². The zero-order chi connectivity index (χ0) is 9.31. The van der Waals surface area contributed by atoms with Crippen LogP contribution in [-0.2, 0) is 5.41 Å². The molecule has 1 aromatic rings. The summed E-state index contributed by atoms with van der Waals surface area (Å²) in [6.07, 6.45) is 3.39. The third kappa shape index (κ3) is 1.29. The number of hydrogen-bond acceptors (Lipinski definition) is 1. The molecule has 0 amide bonds. The molecule has 0 radical (unpaired) electrons. The summed E-state index contributed by atoms with van der Waals surface area (Å²) in [6, 6.07) is 10.2. The van der Waals surface area contributed by atoms with Gasteiger partial charge in [0.15, 0.2) is 0 Å². The Balaban J connectivity index is 2.31. The summed E-state index contributed by atoms with van der Waals surface area (Å²) in [6.45, 7) is 3.64. The van der Waals surface area contributed by atoms with Crippen molar-refractivity contribution in [3.63, 3.8) is 0 Å². The van der Waals surface area contributed by atoms with Crippen molar-refractivity contribution in [1.82, 2.24) is 0 Å². The minimum atomic E-state index is -0.394. The lowest BCUT2D eigenvalue weighted by Gasteiger charge is -2.19. The minimum absolute atomic E-state index is 0.0109. The highest BCUT2D eigenvalue weighted by atomic mass is 16.3.